The van der Waals surface area contributed by atoms with Crippen LogP contribution in [0.5, 0.6) is 11.5 Å². The van der Waals surface area contributed by atoms with Crippen molar-refractivity contribution in [3.8, 4) is 22.6 Å². The Balaban J connectivity index is 1.43. The van der Waals surface area contributed by atoms with E-state index in [-0.39, 0.29) is 5.52 Å². The maximum absolute atomic E-state index is 13.9. The van der Waals surface area contributed by atoms with E-state index in [0.717, 1.165) is 41.3 Å². The van der Waals surface area contributed by atoms with E-state index in [1.807, 2.05) is 78.9 Å². The molecule has 0 bridgehead atoms. The molecule has 0 N–H and O–H groups in total. The molecular weight excluding hydrogens is 513 g/mol. The fourth-order valence-electron chi connectivity index (χ4n) is 4.96. The molecule has 2 heterocycles. The van der Waals surface area contributed by atoms with Gasteiger partial charge in [0.1, 0.15) is 11.5 Å². The lowest BCUT2D eigenvalue weighted by molar-refractivity contribution is -0.136. The first-order valence-electron chi connectivity index (χ1n) is 13.0. The summed E-state index contributed by atoms with van der Waals surface area (Å²) in [5.41, 5.74) is 3.30. The second-order valence-electron chi connectivity index (χ2n) is 9.57. The molecule has 0 unspecified atom stereocenters. The van der Waals surface area contributed by atoms with E-state index in [1.54, 1.807) is 12.3 Å². The minimum atomic E-state index is -4.52. The van der Waals surface area contributed by atoms with Crippen molar-refractivity contribution in [1.29, 1.82) is 0 Å². The van der Waals surface area contributed by atoms with Crippen LogP contribution in [0.25, 0.3) is 22.0 Å². The Labute approximate surface area is 229 Å². The van der Waals surface area contributed by atoms with Crippen LogP contribution in [0.2, 0.25) is 0 Å². The van der Waals surface area contributed by atoms with E-state index >= 15 is 0 Å². The van der Waals surface area contributed by atoms with Crippen LogP contribution in [-0.2, 0) is 17.3 Å². The molecule has 4 nitrogen and oxygen atoms in total. The second kappa shape index (κ2) is 10.8. The average Bonchev–Trinajstić information content (AvgIpc) is 2.97. The molecule has 1 aliphatic heterocycles. The highest BCUT2D eigenvalue weighted by Crippen LogP contribution is 2.40. The highest BCUT2D eigenvalue weighted by atomic mass is 19.4. The van der Waals surface area contributed by atoms with Crippen LogP contribution in [0.15, 0.2) is 108 Å². The standard InChI is InChI=1S/C33H25F3N2O2/c34-33(35,36)29-15-6-14-28-30(25(21-38-31(28)29)18-22-8-2-1-3-9-22)23-10-4-12-26(19-23)40-27-13-5-11-24(20-27)32-37-16-7-17-39-32/h1-6,8-15,19-21H,7,16-18H2. The lowest BCUT2D eigenvalue weighted by atomic mass is 9.92. The van der Waals surface area contributed by atoms with Crippen LogP contribution in [-0.4, -0.2) is 24.0 Å². The van der Waals surface area contributed by atoms with Crippen LogP contribution in [0, 0.1) is 0 Å². The van der Waals surface area contributed by atoms with Crippen molar-refractivity contribution < 1.29 is 22.6 Å². The highest BCUT2D eigenvalue weighted by Gasteiger charge is 2.33. The maximum Gasteiger partial charge on any atom is 0.418 e. The largest absolute Gasteiger partial charge is 0.477 e. The molecule has 0 amide bonds. The lowest BCUT2D eigenvalue weighted by Gasteiger charge is -2.17. The van der Waals surface area contributed by atoms with Crippen molar-refractivity contribution in [2.45, 2.75) is 19.0 Å². The molecule has 1 aromatic heterocycles. The summed E-state index contributed by atoms with van der Waals surface area (Å²) in [6, 6.07) is 28.9. The van der Waals surface area contributed by atoms with Crippen molar-refractivity contribution in [2.24, 2.45) is 4.99 Å². The minimum Gasteiger partial charge on any atom is -0.477 e. The molecule has 0 fully saturated rings. The predicted octanol–water partition coefficient (Wildman–Crippen LogP) is 8.47. The van der Waals surface area contributed by atoms with E-state index in [2.05, 4.69) is 9.98 Å². The zero-order valence-electron chi connectivity index (χ0n) is 21.5. The molecule has 4 aromatic carbocycles. The molecule has 40 heavy (non-hydrogen) atoms. The molecule has 7 heteroatoms. The quantitative estimate of drug-likeness (QED) is 0.218. The first kappa shape index (κ1) is 25.6. The normalized spacial score (nSPS) is 13.5. The van der Waals surface area contributed by atoms with Crippen molar-refractivity contribution in [3.63, 3.8) is 0 Å². The van der Waals surface area contributed by atoms with Gasteiger partial charge in [0.25, 0.3) is 0 Å². The van der Waals surface area contributed by atoms with Crippen LogP contribution in [0.3, 0.4) is 0 Å². The van der Waals surface area contributed by atoms with Gasteiger partial charge in [0.05, 0.1) is 17.7 Å². The first-order valence-corrected chi connectivity index (χ1v) is 13.0. The summed E-state index contributed by atoms with van der Waals surface area (Å²) in [6.07, 6.45) is -1.55. The van der Waals surface area contributed by atoms with Gasteiger partial charge in [-0.05, 0) is 65.1 Å². The number of alkyl halides is 3. The third kappa shape index (κ3) is 5.41. The van der Waals surface area contributed by atoms with Gasteiger partial charge in [0.2, 0.25) is 5.90 Å². The van der Waals surface area contributed by atoms with Crippen LogP contribution >= 0.6 is 0 Å². The Kier molecular flexibility index (Phi) is 6.95. The SMILES string of the molecule is FC(F)(F)c1cccc2c(-c3cccc(Oc4cccc(C5=NCCCO5)c4)c3)c(Cc3ccccc3)cnc12. The molecule has 0 atom stereocenters. The van der Waals surface area contributed by atoms with Crippen molar-refractivity contribution in [3.05, 3.63) is 126 Å². The molecule has 0 spiro atoms. The number of para-hydroxylation sites is 1. The van der Waals surface area contributed by atoms with Gasteiger partial charge >= 0.3 is 6.18 Å². The Morgan fingerprint density at radius 1 is 0.800 bits per heavy atom. The van der Waals surface area contributed by atoms with E-state index in [0.29, 0.717) is 41.4 Å². The monoisotopic (exact) mass is 538 g/mol. The molecular formula is C33H25F3N2O2. The van der Waals surface area contributed by atoms with Crippen molar-refractivity contribution in [2.75, 3.05) is 13.2 Å². The average molecular weight is 539 g/mol. The Hall–Kier alpha value is -4.65. The van der Waals surface area contributed by atoms with Gasteiger partial charge in [0, 0.05) is 30.1 Å². The van der Waals surface area contributed by atoms with E-state index < -0.39 is 11.7 Å². The number of fused-ring (bicyclic) bond motifs is 1. The topological polar surface area (TPSA) is 43.7 Å². The molecule has 0 saturated heterocycles. The van der Waals surface area contributed by atoms with Gasteiger partial charge in [-0.15, -0.1) is 0 Å². The second-order valence-corrected chi connectivity index (χ2v) is 9.57. The third-order valence-corrected chi connectivity index (χ3v) is 6.75. The number of rotatable bonds is 6. The fourth-order valence-corrected chi connectivity index (χ4v) is 4.96. The molecule has 5 aromatic rings. The highest BCUT2D eigenvalue weighted by molar-refractivity contribution is 5.98. The van der Waals surface area contributed by atoms with Gasteiger partial charge < -0.3 is 9.47 Å². The minimum absolute atomic E-state index is 0.0749. The fraction of sp³-hybridized carbons (Fsp3) is 0.152. The summed E-state index contributed by atoms with van der Waals surface area (Å²) in [7, 11) is 0. The first-order chi connectivity index (χ1) is 19.5. The number of ether oxygens (including phenoxy) is 2. The molecule has 1 aliphatic rings. The predicted molar refractivity (Wildman–Crippen MR) is 150 cm³/mol. The van der Waals surface area contributed by atoms with Crippen LogP contribution < -0.4 is 4.74 Å². The Morgan fingerprint density at radius 3 is 2.25 bits per heavy atom. The number of hydrogen-bond acceptors (Lipinski definition) is 4. The molecule has 6 rings (SSSR count). The van der Waals surface area contributed by atoms with Crippen molar-refractivity contribution >= 4 is 16.8 Å². The number of pyridine rings is 1. The smallest absolute Gasteiger partial charge is 0.418 e. The number of benzene rings is 4. The molecule has 0 aliphatic carbocycles. The summed E-state index contributed by atoms with van der Waals surface area (Å²) in [5.74, 6) is 1.76. The Bertz CT molecular complexity index is 1700. The number of nitrogens with zero attached hydrogens (tertiary/aromatic N) is 2. The van der Waals surface area contributed by atoms with Gasteiger partial charge in [-0.1, -0.05) is 60.7 Å². The lowest BCUT2D eigenvalue weighted by Crippen LogP contribution is -2.14. The van der Waals surface area contributed by atoms with Crippen LogP contribution in [0.1, 0.15) is 28.7 Å². The molecule has 0 saturated carbocycles. The summed E-state index contributed by atoms with van der Waals surface area (Å²) in [4.78, 5) is 8.75. The zero-order chi connectivity index (χ0) is 27.5. The van der Waals surface area contributed by atoms with Crippen molar-refractivity contribution in [1.82, 2.24) is 4.98 Å². The number of halogens is 3. The summed E-state index contributed by atoms with van der Waals surface area (Å²) < 4.78 is 53.6. The summed E-state index contributed by atoms with van der Waals surface area (Å²) >= 11 is 0. The molecule has 200 valence electrons. The van der Waals surface area contributed by atoms with Gasteiger partial charge in [-0.2, -0.15) is 13.2 Å². The van der Waals surface area contributed by atoms with Gasteiger partial charge in [-0.3, -0.25) is 9.98 Å². The van der Waals surface area contributed by atoms with Gasteiger partial charge in [0.15, 0.2) is 0 Å². The summed E-state index contributed by atoms with van der Waals surface area (Å²) in [5, 5.41) is 0.440. The van der Waals surface area contributed by atoms with Crippen LogP contribution in [0.4, 0.5) is 13.2 Å². The maximum atomic E-state index is 13.9. The Morgan fingerprint density at radius 2 is 1.52 bits per heavy atom. The molecule has 0 radical (unpaired) electrons. The number of aromatic nitrogens is 1. The summed E-state index contributed by atoms with van der Waals surface area (Å²) in [6.45, 7) is 1.36. The van der Waals surface area contributed by atoms with Gasteiger partial charge in [-0.25, -0.2) is 0 Å². The third-order valence-electron chi connectivity index (χ3n) is 6.75. The zero-order valence-corrected chi connectivity index (χ0v) is 21.5. The number of aliphatic imine (C=N–C) groups is 1. The number of hydrogen-bond donors (Lipinski definition) is 0. The van der Waals surface area contributed by atoms with E-state index in [9.17, 15) is 13.2 Å². The van der Waals surface area contributed by atoms with E-state index in [1.165, 1.54) is 6.07 Å². The van der Waals surface area contributed by atoms with E-state index in [4.69, 9.17) is 9.47 Å².